The normalized spacial score (nSPS) is 16.1. The van der Waals surface area contributed by atoms with E-state index in [9.17, 15) is 9.90 Å². The fraction of sp³-hybridized carbons (Fsp3) is 0.462. The van der Waals surface area contributed by atoms with E-state index in [4.69, 9.17) is 0 Å². The second kappa shape index (κ2) is 4.26. The molecular weight excluding hydrogens is 202 g/mol. The Kier molecular flexibility index (Phi) is 2.97. The van der Waals surface area contributed by atoms with Crippen LogP contribution in [0.2, 0.25) is 0 Å². The number of carbonyl (C=O) groups excluding carboxylic acids is 1. The molecule has 0 radical (unpaired) electrons. The third-order valence-electron chi connectivity index (χ3n) is 3.17. The molecule has 1 aliphatic rings. The van der Waals surface area contributed by atoms with Gasteiger partial charge in [0.2, 0.25) is 5.91 Å². The maximum absolute atomic E-state index is 11.3. The van der Waals surface area contributed by atoms with Crippen molar-refractivity contribution in [3.05, 3.63) is 34.9 Å². The van der Waals surface area contributed by atoms with Crippen molar-refractivity contribution in [3.8, 4) is 0 Å². The molecule has 1 aromatic carbocycles. The van der Waals surface area contributed by atoms with E-state index in [0.29, 0.717) is 13.1 Å². The molecule has 0 spiro atoms. The van der Waals surface area contributed by atoms with Gasteiger partial charge in [0.05, 0.1) is 6.10 Å². The summed E-state index contributed by atoms with van der Waals surface area (Å²) in [4.78, 5) is 13.1. The quantitative estimate of drug-likeness (QED) is 0.826. The average Bonchev–Trinajstić information content (AvgIpc) is 2.70. The molecule has 2 rings (SSSR count). The smallest absolute Gasteiger partial charge is 0.220 e. The van der Waals surface area contributed by atoms with Crippen molar-refractivity contribution >= 4 is 5.91 Å². The lowest BCUT2D eigenvalue weighted by atomic mass is 10.0. The molecule has 3 heteroatoms. The van der Waals surface area contributed by atoms with Crippen LogP contribution in [0.3, 0.4) is 0 Å². The Morgan fingerprint density at radius 2 is 2.12 bits per heavy atom. The Balaban J connectivity index is 2.24. The van der Waals surface area contributed by atoms with Crippen LogP contribution in [0, 0.1) is 0 Å². The summed E-state index contributed by atoms with van der Waals surface area (Å²) in [5.74, 6) is 0.105. The zero-order valence-electron chi connectivity index (χ0n) is 9.73. The van der Waals surface area contributed by atoms with Gasteiger partial charge in [-0.2, -0.15) is 0 Å². The number of rotatable bonds is 2. The van der Waals surface area contributed by atoms with Gasteiger partial charge in [-0.25, -0.2) is 0 Å². The number of hydrogen-bond acceptors (Lipinski definition) is 2. The summed E-state index contributed by atoms with van der Waals surface area (Å²) in [5.41, 5.74) is 3.31. The fourth-order valence-corrected chi connectivity index (χ4v) is 2.08. The Morgan fingerprint density at radius 1 is 1.44 bits per heavy atom. The maximum atomic E-state index is 11.3. The first-order chi connectivity index (χ1) is 7.61. The average molecular weight is 219 g/mol. The first-order valence-electron chi connectivity index (χ1n) is 5.67. The molecule has 0 saturated carbocycles. The molecular formula is C13H17NO2. The minimum Gasteiger partial charge on any atom is -0.388 e. The van der Waals surface area contributed by atoms with Gasteiger partial charge in [0.25, 0.3) is 0 Å². The van der Waals surface area contributed by atoms with Gasteiger partial charge < -0.3 is 10.0 Å². The first kappa shape index (κ1) is 11.1. The van der Waals surface area contributed by atoms with E-state index in [1.54, 1.807) is 6.92 Å². The highest BCUT2D eigenvalue weighted by Gasteiger charge is 2.21. The SMILES string of the molecule is CCC(O)c1ccc2c(c1)CN(C(C)=O)C2. The van der Waals surface area contributed by atoms with Gasteiger partial charge in [0.1, 0.15) is 0 Å². The topological polar surface area (TPSA) is 40.5 Å². The van der Waals surface area contributed by atoms with Crippen LogP contribution in [0.15, 0.2) is 18.2 Å². The lowest BCUT2D eigenvalue weighted by Crippen LogP contribution is -2.21. The highest BCUT2D eigenvalue weighted by Crippen LogP contribution is 2.26. The molecule has 1 N–H and O–H groups in total. The molecule has 0 saturated heterocycles. The van der Waals surface area contributed by atoms with Crippen LogP contribution < -0.4 is 0 Å². The van der Waals surface area contributed by atoms with E-state index in [1.807, 2.05) is 30.0 Å². The third kappa shape index (κ3) is 1.95. The van der Waals surface area contributed by atoms with Crippen LogP contribution in [0.25, 0.3) is 0 Å². The maximum Gasteiger partial charge on any atom is 0.220 e. The molecule has 86 valence electrons. The molecule has 0 aliphatic carbocycles. The Bertz CT molecular complexity index is 414. The number of aliphatic hydroxyl groups is 1. The predicted octanol–water partition coefficient (Wildman–Crippen LogP) is 1.99. The Hall–Kier alpha value is -1.35. The number of hydrogen-bond donors (Lipinski definition) is 1. The zero-order valence-corrected chi connectivity index (χ0v) is 9.73. The molecule has 1 aliphatic heterocycles. The number of fused-ring (bicyclic) bond motifs is 1. The summed E-state index contributed by atoms with van der Waals surface area (Å²) < 4.78 is 0. The standard InChI is InChI=1S/C13H17NO2/c1-3-13(16)10-4-5-11-7-14(9(2)15)8-12(11)6-10/h4-6,13,16H,3,7-8H2,1-2H3. The van der Waals surface area contributed by atoms with Crippen LogP contribution in [0.1, 0.15) is 43.1 Å². The van der Waals surface area contributed by atoms with Crippen molar-refractivity contribution in [1.82, 2.24) is 4.90 Å². The van der Waals surface area contributed by atoms with Crippen LogP contribution in [-0.4, -0.2) is 15.9 Å². The first-order valence-corrected chi connectivity index (χ1v) is 5.67. The predicted molar refractivity (Wildman–Crippen MR) is 61.6 cm³/mol. The summed E-state index contributed by atoms with van der Waals surface area (Å²) in [5, 5.41) is 9.76. The molecule has 1 unspecified atom stereocenters. The van der Waals surface area contributed by atoms with Gasteiger partial charge in [-0.1, -0.05) is 25.1 Å². The fourth-order valence-electron chi connectivity index (χ4n) is 2.08. The summed E-state index contributed by atoms with van der Waals surface area (Å²) >= 11 is 0. The van der Waals surface area contributed by atoms with Gasteiger partial charge in [0.15, 0.2) is 0 Å². The minimum absolute atomic E-state index is 0.105. The number of amides is 1. The number of carbonyl (C=O) groups is 1. The van der Waals surface area contributed by atoms with Crippen molar-refractivity contribution in [2.75, 3.05) is 0 Å². The largest absolute Gasteiger partial charge is 0.388 e. The van der Waals surface area contributed by atoms with Crippen molar-refractivity contribution in [1.29, 1.82) is 0 Å². The summed E-state index contributed by atoms with van der Waals surface area (Å²) in [6.45, 7) is 4.93. The van der Waals surface area contributed by atoms with E-state index in [2.05, 4.69) is 0 Å². The molecule has 0 aromatic heterocycles. The van der Waals surface area contributed by atoms with Crippen molar-refractivity contribution < 1.29 is 9.90 Å². The van der Waals surface area contributed by atoms with E-state index < -0.39 is 6.10 Å². The molecule has 3 nitrogen and oxygen atoms in total. The molecule has 1 amide bonds. The molecule has 1 aromatic rings. The second-order valence-corrected chi connectivity index (χ2v) is 4.33. The monoisotopic (exact) mass is 219 g/mol. The summed E-state index contributed by atoms with van der Waals surface area (Å²) in [6, 6.07) is 6.00. The second-order valence-electron chi connectivity index (χ2n) is 4.33. The van der Waals surface area contributed by atoms with E-state index >= 15 is 0 Å². The number of nitrogens with zero attached hydrogens (tertiary/aromatic N) is 1. The molecule has 1 heterocycles. The minimum atomic E-state index is -0.392. The van der Waals surface area contributed by atoms with E-state index in [0.717, 1.165) is 12.0 Å². The Labute approximate surface area is 95.7 Å². The lowest BCUT2D eigenvalue weighted by Gasteiger charge is -2.11. The van der Waals surface area contributed by atoms with Crippen LogP contribution in [-0.2, 0) is 17.9 Å². The van der Waals surface area contributed by atoms with Gasteiger partial charge in [-0.15, -0.1) is 0 Å². The summed E-state index contributed by atoms with van der Waals surface area (Å²) in [7, 11) is 0. The van der Waals surface area contributed by atoms with Crippen LogP contribution in [0.4, 0.5) is 0 Å². The Morgan fingerprint density at radius 3 is 2.75 bits per heavy atom. The van der Waals surface area contributed by atoms with Crippen molar-refractivity contribution in [2.24, 2.45) is 0 Å². The van der Waals surface area contributed by atoms with Crippen molar-refractivity contribution in [2.45, 2.75) is 39.5 Å². The van der Waals surface area contributed by atoms with Crippen molar-refractivity contribution in [3.63, 3.8) is 0 Å². The number of benzene rings is 1. The molecule has 0 bridgehead atoms. The van der Waals surface area contributed by atoms with Gasteiger partial charge in [-0.05, 0) is 23.1 Å². The van der Waals surface area contributed by atoms with Gasteiger partial charge in [0, 0.05) is 20.0 Å². The molecule has 1 atom stereocenters. The van der Waals surface area contributed by atoms with Gasteiger partial charge in [-0.3, -0.25) is 4.79 Å². The third-order valence-corrected chi connectivity index (χ3v) is 3.17. The molecule has 0 fully saturated rings. The zero-order chi connectivity index (χ0) is 11.7. The van der Waals surface area contributed by atoms with Gasteiger partial charge >= 0.3 is 0 Å². The van der Waals surface area contributed by atoms with E-state index in [1.165, 1.54) is 11.1 Å². The highest BCUT2D eigenvalue weighted by molar-refractivity contribution is 5.74. The summed E-state index contributed by atoms with van der Waals surface area (Å²) in [6.07, 6.45) is 0.326. The van der Waals surface area contributed by atoms with Crippen LogP contribution in [0.5, 0.6) is 0 Å². The highest BCUT2D eigenvalue weighted by atomic mass is 16.3. The molecule has 16 heavy (non-hydrogen) atoms. The lowest BCUT2D eigenvalue weighted by molar-refractivity contribution is -0.129. The van der Waals surface area contributed by atoms with Crippen LogP contribution >= 0.6 is 0 Å². The number of aliphatic hydroxyl groups excluding tert-OH is 1. The van der Waals surface area contributed by atoms with E-state index in [-0.39, 0.29) is 5.91 Å².